The lowest BCUT2D eigenvalue weighted by atomic mass is 10.1. The zero-order chi connectivity index (χ0) is 25.5. The molecule has 9 aromatic rings. The lowest BCUT2D eigenvalue weighted by Crippen LogP contribution is -1.98. The van der Waals surface area contributed by atoms with Gasteiger partial charge in [-0.25, -0.2) is 4.98 Å². The smallest absolute Gasteiger partial charge is 0.148 e. The maximum absolute atomic E-state index is 5.45. The molecular weight excluding hydrogens is 476 g/mol. The summed E-state index contributed by atoms with van der Waals surface area (Å²) in [6, 6.07) is 45.3. The summed E-state index contributed by atoms with van der Waals surface area (Å²) in [5, 5.41) is 7.19. The van der Waals surface area contributed by atoms with Crippen LogP contribution in [0.3, 0.4) is 0 Å². The van der Waals surface area contributed by atoms with Gasteiger partial charge in [0.2, 0.25) is 0 Å². The Morgan fingerprint density at radius 2 is 0.974 bits per heavy atom. The molecular formula is C35H22N4. The molecule has 4 heterocycles. The fourth-order valence-corrected chi connectivity index (χ4v) is 6.33. The van der Waals surface area contributed by atoms with Crippen molar-refractivity contribution in [2.75, 3.05) is 0 Å². The molecule has 0 aliphatic rings. The number of aromatic nitrogens is 4. The lowest BCUT2D eigenvalue weighted by Gasteiger charge is -2.09. The van der Waals surface area contributed by atoms with Crippen LogP contribution in [0, 0.1) is 0 Å². The zero-order valence-electron chi connectivity index (χ0n) is 21.0. The van der Waals surface area contributed by atoms with Crippen molar-refractivity contribution in [1.29, 1.82) is 0 Å². The van der Waals surface area contributed by atoms with Gasteiger partial charge in [-0.1, -0.05) is 72.8 Å². The molecule has 0 aliphatic heterocycles. The summed E-state index contributed by atoms with van der Waals surface area (Å²) in [6.07, 6.45) is 0. The fourth-order valence-electron chi connectivity index (χ4n) is 6.33. The van der Waals surface area contributed by atoms with E-state index in [0.29, 0.717) is 0 Å². The quantitative estimate of drug-likeness (QED) is 0.254. The minimum atomic E-state index is 0.961. The Bertz CT molecular complexity index is 2390. The molecule has 9 rings (SSSR count). The number of hydrogen-bond donors (Lipinski definition) is 1. The third-order valence-corrected chi connectivity index (χ3v) is 8.04. The fraction of sp³-hybridized carbons (Fsp3) is 0. The molecule has 0 saturated carbocycles. The van der Waals surface area contributed by atoms with E-state index in [-0.39, 0.29) is 0 Å². The van der Waals surface area contributed by atoms with Crippen LogP contribution in [-0.2, 0) is 0 Å². The van der Waals surface area contributed by atoms with E-state index in [1.165, 1.54) is 21.5 Å². The summed E-state index contributed by atoms with van der Waals surface area (Å²) < 4.78 is 4.60. The number of benzene rings is 5. The number of nitrogens with zero attached hydrogens (tertiary/aromatic N) is 3. The van der Waals surface area contributed by atoms with E-state index in [4.69, 9.17) is 4.98 Å². The first-order valence-corrected chi connectivity index (χ1v) is 13.2. The number of fused-ring (bicyclic) bond motifs is 9. The highest BCUT2D eigenvalue weighted by Gasteiger charge is 2.19. The standard InChI is InChI=1S/C35H22N4/c1-2-10-22(11-3-1)38-32-16-8-5-13-25(32)28-21-29-26-14-6-9-17-33(26)39(35(29)37-34(28)38)23-18-19-31-27(20-23)24-12-4-7-15-30(24)36-31/h1-21,36H. The van der Waals surface area contributed by atoms with Gasteiger partial charge in [-0.15, -0.1) is 0 Å². The van der Waals surface area contributed by atoms with E-state index in [1.807, 2.05) is 0 Å². The summed E-state index contributed by atoms with van der Waals surface area (Å²) in [5.41, 5.74) is 8.75. The molecule has 0 saturated heterocycles. The van der Waals surface area contributed by atoms with Crippen molar-refractivity contribution in [3.63, 3.8) is 0 Å². The first kappa shape index (κ1) is 20.7. The summed E-state index contributed by atoms with van der Waals surface area (Å²) in [7, 11) is 0. The topological polar surface area (TPSA) is 38.5 Å². The van der Waals surface area contributed by atoms with Crippen LogP contribution in [-0.4, -0.2) is 19.1 Å². The van der Waals surface area contributed by atoms with Crippen molar-refractivity contribution >= 4 is 65.7 Å². The van der Waals surface area contributed by atoms with E-state index < -0.39 is 0 Å². The van der Waals surface area contributed by atoms with E-state index in [2.05, 4.69) is 142 Å². The first-order chi connectivity index (χ1) is 19.3. The number of rotatable bonds is 2. The molecule has 39 heavy (non-hydrogen) atoms. The van der Waals surface area contributed by atoms with Crippen LogP contribution in [0.5, 0.6) is 0 Å². The van der Waals surface area contributed by atoms with Gasteiger partial charge in [-0.2, -0.15) is 0 Å². The molecule has 0 amide bonds. The number of aromatic amines is 1. The predicted octanol–water partition coefficient (Wildman–Crippen LogP) is 8.91. The average molecular weight is 499 g/mol. The third kappa shape index (κ3) is 2.80. The summed E-state index contributed by atoms with van der Waals surface area (Å²) >= 11 is 0. The van der Waals surface area contributed by atoms with Crippen molar-refractivity contribution in [3.8, 4) is 11.4 Å². The minimum Gasteiger partial charge on any atom is -0.355 e. The monoisotopic (exact) mass is 498 g/mol. The second-order valence-electron chi connectivity index (χ2n) is 10.2. The van der Waals surface area contributed by atoms with Gasteiger partial charge in [0.25, 0.3) is 0 Å². The van der Waals surface area contributed by atoms with Crippen molar-refractivity contribution < 1.29 is 0 Å². The maximum Gasteiger partial charge on any atom is 0.148 e. The van der Waals surface area contributed by atoms with E-state index in [1.54, 1.807) is 0 Å². The van der Waals surface area contributed by atoms with Crippen molar-refractivity contribution in [3.05, 3.63) is 127 Å². The SMILES string of the molecule is c1ccc(-n2c3ccccc3c3cc4c5ccccc5n(-c5ccc6[nH]c7ccccc7c6c5)c4nc32)cc1. The predicted molar refractivity (Wildman–Crippen MR) is 162 cm³/mol. The Morgan fingerprint density at radius 1 is 0.410 bits per heavy atom. The van der Waals surface area contributed by atoms with Crippen molar-refractivity contribution in [1.82, 2.24) is 19.1 Å². The summed E-state index contributed by atoms with van der Waals surface area (Å²) in [4.78, 5) is 9.01. The highest BCUT2D eigenvalue weighted by atomic mass is 15.1. The van der Waals surface area contributed by atoms with Gasteiger partial charge in [-0.05, 0) is 54.6 Å². The number of hydrogen-bond acceptors (Lipinski definition) is 1. The maximum atomic E-state index is 5.45. The summed E-state index contributed by atoms with van der Waals surface area (Å²) in [5.74, 6) is 0. The first-order valence-electron chi connectivity index (χ1n) is 13.2. The highest BCUT2D eigenvalue weighted by Crippen LogP contribution is 2.38. The number of pyridine rings is 1. The van der Waals surface area contributed by atoms with Gasteiger partial charge >= 0.3 is 0 Å². The van der Waals surface area contributed by atoms with Crippen LogP contribution in [0.2, 0.25) is 0 Å². The minimum absolute atomic E-state index is 0.961. The lowest BCUT2D eigenvalue weighted by molar-refractivity contribution is 1.11. The molecule has 0 aliphatic carbocycles. The number of H-pyrrole nitrogens is 1. The van der Waals surface area contributed by atoms with Gasteiger partial charge in [-0.3, -0.25) is 9.13 Å². The molecule has 4 nitrogen and oxygen atoms in total. The second-order valence-corrected chi connectivity index (χ2v) is 10.2. The van der Waals surface area contributed by atoms with Crippen LogP contribution < -0.4 is 0 Å². The molecule has 0 spiro atoms. The van der Waals surface area contributed by atoms with Crippen molar-refractivity contribution in [2.24, 2.45) is 0 Å². The largest absolute Gasteiger partial charge is 0.355 e. The van der Waals surface area contributed by atoms with Crippen LogP contribution in [0.25, 0.3) is 77.1 Å². The van der Waals surface area contributed by atoms with Gasteiger partial charge in [0.15, 0.2) is 0 Å². The summed E-state index contributed by atoms with van der Waals surface area (Å²) in [6.45, 7) is 0. The Balaban J connectivity index is 1.44. The molecule has 0 unspecified atom stereocenters. The number of nitrogens with one attached hydrogen (secondary N) is 1. The molecule has 4 heteroatoms. The molecule has 0 fully saturated rings. The van der Waals surface area contributed by atoms with Gasteiger partial charge in [0.1, 0.15) is 11.3 Å². The Kier molecular flexibility index (Phi) is 4.02. The van der Waals surface area contributed by atoms with E-state index in [9.17, 15) is 0 Å². The molecule has 0 bridgehead atoms. The van der Waals surface area contributed by atoms with Crippen LogP contribution in [0.4, 0.5) is 0 Å². The molecule has 182 valence electrons. The second kappa shape index (κ2) is 7.59. The van der Waals surface area contributed by atoms with Crippen LogP contribution in [0.1, 0.15) is 0 Å². The zero-order valence-corrected chi connectivity index (χ0v) is 21.0. The molecule has 0 radical (unpaired) electrons. The van der Waals surface area contributed by atoms with E-state index >= 15 is 0 Å². The van der Waals surface area contributed by atoms with E-state index in [0.717, 1.165) is 55.5 Å². The van der Waals surface area contributed by atoms with Crippen LogP contribution in [0.15, 0.2) is 127 Å². The third-order valence-electron chi connectivity index (χ3n) is 8.04. The Morgan fingerprint density at radius 3 is 1.69 bits per heavy atom. The Labute approximate surface area is 223 Å². The normalized spacial score (nSPS) is 12.1. The van der Waals surface area contributed by atoms with Gasteiger partial charge < -0.3 is 4.98 Å². The van der Waals surface area contributed by atoms with Crippen molar-refractivity contribution in [2.45, 2.75) is 0 Å². The van der Waals surface area contributed by atoms with Gasteiger partial charge in [0, 0.05) is 54.7 Å². The molecule has 5 aromatic carbocycles. The highest BCUT2D eigenvalue weighted by molar-refractivity contribution is 6.17. The van der Waals surface area contributed by atoms with Gasteiger partial charge in [0.05, 0.1) is 11.0 Å². The number of para-hydroxylation sites is 4. The Hall–Kier alpha value is -5.35. The molecule has 1 N–H and O–H groups in total. The molecule has 4 aromatic heterocycles. The molecule has 0 atom stereocenters. The van der Waals surface area contributed by atoms with Crippen LogP contribution >= 0.6 is 0 Å². The average Bonchev–Trinajstić information content (AvgIpc) is 3.63.